The molecule has 1 amide bonds. The van der Waals surface area contributed by atoms with Crippen molar-refractivity contribution in [3.05, 3.63) is 35.9 Å². The fraction of sp³-hybridized carbons (Fsp3) is 0.588. The van der Waals surface area contributed by atoms with Crippen LogP contribution in [0.15, 0.2) is 30.3 Å². The molecular weight excluding hydrogens is 248 g/mol. The van der Waals surface area contributed by atoms with Gasteiger partial charge in [-0.05, 0) is 30.2 Å². The van der Waals surface area contributed by atoms with Crippen LogP contribution in [0.25, 0.3) is 0 Å². The van der Waals surface area contributed by atoms with Crippen molar-refractivity contribution < 1.29 is 4.79 Å². The molecule has 1 saturated carbocycles. The molecule has 2 rings (SSSR count). The van der Waals surface area contributed by atoms with Crippen LogP contribution in [0.4, 0.5) is 0 Å². The molecule has 0 aromatic heterocycles. The van der Waals surface area contributed by atoms with Crippen molar-refractivity contribution >= 4 is 5.91 Å². The molecule has 1 aromatic rings. The lowest BCUT2D eigenvalue weighted by Gasteiger charge is -2.28. The van der Waals surface area contributed by atoms with Crippen molar-refractivity contribution in [2.24, 2.45) is 17.6 Å². The summed E-state index contributed by atoms with van der Waals surface area (Å²) in [6.45, 7) is 3.04. The molecule has 0 aliphatic heterocycles. The van der Waals surface area contributed by atoms with Gasteiger partial charge in [-0.15, -0.1) is 0 Å². The van der Waals surface area contributed by atoms with Crippen LogP contribution < -0.4 is 11.1 Å². The third-order valence-corrected chi connectivity index (χ3v) is 4.55. The number of hydrogen-bond donors (Lipinski definition) is 2. The van der Waals surface area contributed by atoms with Crippen molar-refractivity contribution in [3.63, 3.8) is 0 Å². The van der Waals surface area contributed by atoms with Gasteiger partial charge in [0.2, 0.25) is 5.91 Å². The van der Waals surface area contributed by atoms with Crippen LogP contribution in [-0.2, 0) is 4.79 Å². The number of nitrogens with one attached hydrogen (secondary N) is 1. The lowest BCUT2D eigenvalue weighted by molar-refractivity contribution is -0.122. The first-order valence-electron chi connectivity index (χ1n) is 7.79. The molecule has 1 atom stereocenters. The zero-order chi connectivity index (χ0) is 14.4. The number of rotatable bonds is 5. The smallest absolute Gasteiger partial charge is 0.241 e. The van der Waals surface area contributed by atoms with Crippen molar-refractivity contribution in [2.45, 2.75) is 45.1 Å². The predicted molar refractivity (Wildman–Crippen MR) is 82.1 cm³/mol. The van der Waals surface area contributed by atoms with Crippen LogP contribution in [0.2, 0.25) is 0 Å². The van der Waals surface area contributed by atoms with Gasteiger partial charge in [-0.25, -0.2) is 0 Å². The normalized spacial score (nSPS) is 24.1. The first-order chi connectivity index (χ1) is 9.70. The number of carbonyl (C=O) groups is 1. The Labute approximate surface area is 121 Å². The molecule has 0 radical (unpaired) electrons. The summed E-state index contributed by atoms with van der Waals surface area (Å²) in [5.74, 6) is 1.46. The average Bonchev–Trinajstić information content (AvgIpc) is 2.53. The van der Waals surface area contributed by atoms with E-state index in [1.807, 2.05) is 30.3 Å². The maximum atomic E-state index is 12.1. The Kier molecular flexibility index (Phi) is 5.60. The Hall–Kier alpha value is -1.35. The SMILES string of the molecule is CCC1CCC(CNC(=O)C(N)c2ccccc2)CC1. The van der Waals surface area contributed by atoms with Crippen LogP contribution in [0.3, 0.4) is 0 Å². The Balaban J connectivity index is 1.75. The Morgan fingerprint density at radius 2 is 1.80 bits per heavy atom. The minimum absolute atomic E-state index is 0.0613. The molecule has 1 fully saturated rings. The van der Waals surface area contributed by atoms with E-state index in [2.05, 4.69) is 12.2 Å². The fourth-order valence-corrected chi connectivity index (χ4v) is 3.01. The molecule has 1 unspecified atom stereocenters. The van der Waals surface area contributed by atoms with E-state index in [9.17, 15) is 4.79 Å². The van der Waals surface area contributed by atoms with Gasteiger partial charge in [0, 0.05) is 6.54 Å². The molecule has 0 saturated heterocycles. The molecule has 20 heavy (non-hydrogen) atoms. The molecule has 110 valence electrons. The van der Waals surface area contributed by atoms with E-state index in [4.69, 9.17) is 5.73 Å². The summed E-state index contributed by atoms with van der Waals surface area (Å²) in [6.07, 6.45) is 6.38. The number of amides is 1. The molecule has 1 aliphatic carbocycles. The Morgan fingerprint density at radius 1 is 1.20 bits per heavy atom. The van der Waals surface area contributed by atoms with Crippen molar-refractivity contribution in [1.82, 2.24) is 5.32 Å². The molecular formula is C17H26N2O. The predicted octanol–water partition coefficient (Wildman–Crippen LogP) is 3.02. The zero-order valence-corrected chi connectivity index (χ0v) is 12.3. The number of nitrogens with two attached hydrogens (primary N) is 1. The van der Waals surface area contributed by atoms with E-state index in [0.717, 1.165) is 18.0 Å². The topological polar surface area (TPSA) is 55.1 Å². The summed E-state index contributed by atoms with van der Waals surface area (Å²) in [6, 6.07) is 9.00. The second kappa shape index (κ2) is 7.44. The van der Waals surface area contributed by atoms with Crippen molar-refractivity contribution in [2.75, 3.05) is 6.54 Å². The molecule has 1 aromatic carbocycles. The maximum Gasteiger partial charge on any atom is 0.241 e. The average molecular weight is 274 g/mol. The van der Waals surface area contributed by atoms with Crippen LogP contribution in [0, 0.1) is 11.8 Å². The molecule has 0 spiro atoms. The van der Waals surface area contributed by atoms with Crippen molar-refractivity contribution in [1.29, 1.82) is 0 Å². The summed E-state index contributed by atoms with van der Waals surface area (Å²) >= 11 is 0. The third kappa shape index (κ3) is 4.07. The van der Waals surface area contributed by atoms with Gasteiger partial charge in [0.15, 0.2) is 0 Å². The minimum Gasteiger partial charge on any atom is -0.354 e. The van der Waals surface area contributed by atoms with Gasteiger partial charge in [-0.3, -0.25) is 4.79 Å². The van der Waals surface area contributed by atoms with E-state index >= 15 is 0 Å². The van der Waals surface area contributed by atoms with Gasteiger partial charge >= 0.3 is 0 Å². The highest BCUT2D eigenvalue weighted by Gasteiger charge is 2.21. The number of hydrogen-bond acceptors (Lipinski definition) is 2. The third-order valence-electron chi connectivity index (χ3n) is 4.55. The summed E-state index contributed by atoms with van der Waals surface area (Å²) in [7, 11) is 0. The Bertz CT molecular complexity index is 410. The zero-order valence-electron chi connectivity index (χ0n) is 12.3. The van der Waals surface area contributed by atoms with Gasteiger partial charge in [-0.1, -0.05) is 56.5 Å². The van der Waals surface area contributed by atoms with Crippen LogP contribution in [0.5, 0.6) is 0 Å². The van der Waals surface area contributed by atoms with Gasteiger partial charge < -0.3 is 11.1 Å². The summed E-state index contributed by atoms with van der Waals surface area (Å²) in [5.41, 5.74) is 6.86. The Morgan fingerprint density at radius 3 is 2.40 bits per heavy atom. The largest absolute Gasteiger partial charge is 0.354 e. The lowest BCUT2D eigenvalue weighted by Crippen LogP contribution is -2.37. The summed E-state index contributed by atoms with van der Waals surface area (Å²) < 4.78 is 0. The van der Waals surface area contributed by atoms with Gasteiger partial charge in [-0.2, -0.15) is 0 Å². The van der Waals surface area contributed by atoms with E-state index in [0.29, 0.717) is 5.92 Å². The minimum atomic E-state index is -0.553. The summed E-state index contributed by atoms with van der Waals surface area (Å²) in [5, 5.41) is 3.02. The quantitative estimate of drug-likeness (QED) is 0.867. The highest BCUT2D eigenvalue weighted by atomic mass is 16.2. The molecule has 3 heteroatoms. The van der Waals surface area contributed by atoms with Crippen LogP contribution in [0.1, 0.15) is 50.6 Å². The van der Waals surface area contributed by atoms with Crippen LogP contribution >= 0.6 is 0 Å². The van der Waals surface area contributed by atoms with Gasteiger partial charge in [0.05, 0.1) is 0 Å². The van der Waals surface area contributed by atoms with Crippen LogP contribution in [-0.4, -0.2) is 12.5 Å². The second-order valence-corrected chi connectivity index (χ2v) is 5.93. The molecule has 0 heterocycles. The standard InChI is InChI=1S/C17H26N2O/c1-2-13-8-10-14(11-9-13)12-19-17(20)16(18)15-6-4-3-5-7-15/h3-7,13-14,16H,2,8-12,18H2,1H3,(H,19,20). The van der Waals surface area contributed by atoms with Crippen molar-refractivity contribution in [3.8, 4) is 0 Å². The monoisotopic (exact) mass is 274 g/mol. The lowest BCUT2D eigenvalue weighted by atomic mass is 9.81. The molecule has 1 aliphatic rings. The van der Waals surface area contributed by atoms with Gasteiger partial charge in [0.1, 0.15) is 6.04 Å². The fourth-order valence-electron chi connectivity index (χ4n) is 3.01. The van der Waals surface area contributed by atoms with Gasteiger partial charge in [0.25, 0.3) is 0 Å². The molecule has 3 N–H and O–H groups in total. The number of carbonyl (C=O) groups excluding carboxylic acids is 1. The maximum absolute atomic E-state index is 12.1. The first-order valence-corrected chi connectivity index (χ1v) is 7.79. The molecule has 3 nitrogen and oxygen atoms in total. The number of benzene rings is 1. The van der Waals surface area contributed by atoms with E-state index in [1.165, 1.54) is 32.1 Å². The van der Waals surface area contributed by atoms with E-state index < -0.39 is 6.04 Å². The molecule has 0 bridgehead atoms. The van der Waals surface area contributed by atoms with E-state index in [1.54, 1.807) is 0 Å². The first kappa shape index (κ1) is 15.0. The van der Waals surface area contributed by atoms with E-state index in [-0.39, 0.29) is 5.91 Å². The second-order valence-electron chi connectivity index (χ2n) is 5.93. The highest BCUT2D eigenvalue weighted by Crippen LogP contribution is 2.30. The summed E-state index contributed by atoms with van der Waals surface area (Å²) in [4.78, 5) is 12.1. The highest BCUT2D eigenvalue weighted by molar-refractivity contribution is 5.82.